The van der Waals surface area contributed by atoms with Gasteiger partial charge in [-0.1, -0.05) is 39.7 Å². The molecule has 3 heteroatoms. The summed E-state index contributed by atoms with van der Waals surface area (Å²) < 4.78 is 0. The van der Waals surface area contributed by atoms with Crippen molar-refractivity contribution in [3.8, 4) is 0 Å². The minimum atomic E-state index is -0.428. The molecule has 0 aliphatic heterocycles. The molecule has 0 radical (unpaired) electrons. The fourth-order valence-electron chi connectivity index (χ4n) is 2.32. The van der Waals surface area contributed by atoms with Crippen LogP contribution < -0.4 is 5.73 Å². The average molecular weight is 238 g/mol. The van der Waals surface area contributed by atoms with Gasteiger partial charge in [0.1, 0.15) is 0 Å². The minimum Gasteiger partial charge on any atom is -0.335 e. The summed E-state index contributed by atoms with van der Waals surface area (Å²) in [7, 11) is 0. The molecule has 1 aliphatic carbocycles. The molecule has 1 amide bonds. The van der Waals surface area contributed by atoms with Gasteiger partial charge in [0.25, 0.3) is 0 Å². The van der Waals surface area contributed by atoms with E-state index in [0.29, 0.717) is 12.6 Å². The number of carbonyl (C=O) groups is 1. The highest BCUT2D eigenvalue weighted by Crippen LogP contribution is 2.26. The van der Waals surface area contributed by atoms with Crippen molar-refractivity contribution < 1.29 is 4.79 Å². The quantitative estimate of drug-likeness (QED) is 0.764. The molecule has 3 nitrogen and oxygen atoms in total. The van der Waals surface area contributed by atoms with Crippen LogP contribution in [0.25, 0.3) is 0 Å². The van der Waals surface area contributed by atoms with Crippen molar-refractivity contribution in [3.63, 3.8) is 0 Å². The van der Waals surface area contributed by atoms with E-state index in [1.807, 2.05) is 25.7 Å². The zero-order valence-electron chi connectivity index (χ0n) is 11.4. The molecule has 0 saturated heterocycles. The molecule has 0 unspecified atom stereocenters. The normalized spacial score (nSPS) is 19.1. The summed E-state index contributed by atoms with van der Waals surface area (Å²) in [6, 6.07) is -0.0584. The first-order valence-corrected chi connectivity index (χ1v) is 6.55. The number of hydrogen-bond donors (Lipinski definition) is 1. The van der Waals surface area contributed by atoms with Gasteiger partial charge in [-0.3, -0.25) is 4.79 Å². The number of rotatable bonds is 4. The van der Waals surface area contributed by atoms with E-state index >= 15 is 0 Å². The monoisotopic (exact) mass is 238 g/mol. The zero-order valence-corrected chi connectivity index (χ0v) is 11.4. The molecule has 0 heterocycles. The van der Waals surface area contributed by atoms with Gasteiger partial charge >= 0.3 is 0 Å². The van der Waals surface area contributed by atoms with Crippen LogP contribution in [0.15, 0.2) is 12.7 Å². The summed E-state index contributed by atoms with van der Waals surface area (Å²) in [6.07, 6.45) is 6.45. The van der Waals surface area contributed by atoms with E-state index < -0.39 is 6.04 Å². The van der Waals surface area contributed by atoms with E-state index in [2.05, 4.69) is 6.58 Å². The van der Waals surface area contributed by atoms with Crippen LogP contribution in [0.2, 0.25) is 0 Å². The molecule has 1 saturated carbocycles. The average Bonchev–Trinajstić information content (AvgIpc) is 2.75. The number of hydrogen-bond acceptors (Lipinski definition) is 2. The van der Waals surface area contributed by atoms with Crippen LogP contribution in [0.5, 0.6) is 0 Å². The topological polar surface area (TPSA) is 46.3 Å². The van der Waals surface area contributed by atoms with Crippen molar-refractivity contribution >= 4 is 5.91 Å². The Morgan fingerprint density at radius 3 is 2.41 bits per heavy atom. The SMILES string of the molecule is C=CCN(C(=O)[C@H](N)C(C)(C)C)C1CCCC1. The number of nitrogens with two attached hydrogens (primary N) is 1. The summed E-state index contributed by atoms with van der Waals surface area (Å²) in [5, 5.41) is 0. The first-order chi connectivity index (χ1) is 7.88. The Kier molecular flexibility index (Phi) is 4.75. The van der Waals surface area contributed by atoms with Gasteiger partial charge < -0.3 is 10.6 Å². The lowest BCUT2D eigenvalue weighted by molar-refractivity contribution is -0.136. The van der Waals surface area contributed by atoms with E-state index in [9.17, 15) is 4.79 Å². The second-order valence-electron chi connectivity index (χ2n) is 6.06. The Hall–Kier alpha value is -0.830. The minimum absolute atomic E-state index is 0.0734. The highest BCUT2D eigenvalue weighted by atomic mass is 16.2. The van der Waals surface area contributed by atoms with Crippen LogP contribution in [-0.2, 0) is 4.79 Å². The molecule has 1 atom stereocenters. The molecule has 0 bridgehead atoms. The number of amides is 1. The molecule has 1 fully saturated rings. The van der Waals surface area contributed by atoms with Gasteiger partial charge in [0.05, 0.1) is 6.04 Å². The summed E-state index contributed by atoms with van der Waals surface area (Å²) in [6.45, 7) is 10.4. The lowest BCUT2D eigenvalue weighted by Crippen LogP contribution is -2.53. The van der Waals surface area contributed by atoms with Crippen molar-refractivity contribution in [1.29, 1.82) is 0 Å². The van der Waals surface area contributed by atoms with Gasteiger partial charge in [-0.25, -0.2) is 0 Å². The van der Waals surface area contributed by atoms with Crippen molar-refractivity contribution in [2.75, 3.05) is 6.54 Å². The third kappa shape index (κ3) is 3.56. The molecular formula is C14H26N2O. The van der Waals surface area contributed by atoms with Gasteiger partial charge in [-0.2, -0.15) is 0 Å². The Bertz CT molecular complexity index is 274. The predicted octanol–water partition coefficient (Wildman–Crippen LogP) is 2.32. The van der Waals surface area contributed by atoms with Gasteiger partial charge in [0.15, 0.2) is 0 Å². The standard InChI is InChI=1S/C14H26N2O/c1-5-10-16(11-8-6-7-9-11)13(17)12(15)14(2,3)4/h5,11-12H,1,6-10,15H2,2-4H3/t12-/m0/s1. The lowest BCUT2D eigenvalue weighted by Gasteiger charge is -2.35. The Labute approximate surface area is 105 Å². The number of nitrogens with zero attached hydrogens (tertiary/aromatic N) is 1. The third-order valence-electron chi connectivity index (χ3n) is 3.57. The van der Waals surface area contributed by atoms with Gasteiger partial charge in [0.2, 0.25) is 5.91 Å². The maximum atomic E-state index is 12.4. The summed E-state index contributed by atoms with van der Waals surface area (Å²) >= 11 is 0. The van der Waals surface area contributed by atoms with E-state index in [4.69, 9.17) is 5.73 Å². The summed E-state index contributed by atoms with van der Waals surface area (Å²) in [5.41, 5.74) is 5.88. The molecule has 0 aromatic heterocycles. The summed E-state index contributed by atoms with van der Waals surface area (Å²) in [4.78, 5) is 14.3. The molecule has 1 aliphatic rings. The zero-order chi connectivity index (χ0) is 13.1. The van der Waals surface area contributed by atoms with Gasteiger partial charge in [-0.15, -0.1) is 6.58 Å². The van der Waals surface area contributed by atoms with Crippen LogP contribution in [-0.4, -0.2) is 29.4 Å². The fraction of sp³-hybridized carbons (Fsp3) is 0.786. The summed E-state index contributed by atoms with van der Waals surface area (Å²) in [5.74, 6) is 0.0734. The second-order valence-corrected chi connectivity index (χ2v) is 6.06. The van der Waals surface area contributed by atoms with E-state index in [0.717, 1.165) is 12.8 Å². The highest BCUT2D eigenvalue weighted by molar-refractivity contribution is 5.83. The van der Waals surface area contributed by atoms with Gasteiger partial charge in [-0.05, 0) is 18.3 Å². The smallest absolute Gasteiger partial charge is 0.240 e. The van der Waals surface area contributed by atoms with Crippen molar-refractivity contribution in [2.45, 2.75) is 58.5 Å². The maximum Gasteiger partial charge on any atom is 0.240 e. The molecule has 2 N–H and O–H groups in total. The second kappa shape index (κ2) is 5.67. The van der Waals surface area contributed by atoms with Crippen LogP contribution >= 0.6 is 0 Å². The molecule has 1 rings (SSSR count). The van der Waals surface area contributed by atoms with Gasteiger partial charge in [0, 0.05) is 12.6 Å². The highest BCUT2D eigenvalue weighted by Gasteiger charge is 2.34. The molecule has 17 heavy (non-hydrogen) atoms. The molecule has 98 valence electrons. The van der Waals surface area contributed by atoms with Crippen LogP contribution in [0.3, 0.4) is 0 Å². The van der Waals surface area contributed by atoms with Crippen molar-refractivity contribution in [3.05, 3.63) is 12.7 Å². The molecule has 0 aromatic rings. The Balaban J connectivity index is 2.75. The number of carbonyl (C=O) groups excluding carboxylic acids is 1. The molecule has 0 spiro atoms. The fourth-order valence-corrected chi connectivity index (χ4v) is 2.32. The predicted molar refractivity (Wildman–Crippen MR) is 71.6 cm³/mol. The lowest BCUT2D eigenvalue weighted by atomic mass is 9.86. The van der Waals surface area contributed by atoms with Crippen LogP contribution in [0.1, 0.15) is 46.5 Å². The Morgan fingerprint density at radius 1 is 1.47 bits per heavy atom. The van der Waals surface area contributed by atoms with E-state index in [1.54, 1.807) is 6.08 Å². The van der Waals surface area contributed by atoms with Crippen molar-refractivity contribution in [2.24, 2.45) is 11.1 Å². The first-order valence-electron chi connectivity index (χ1n) is 6.55. The van der Waals surface area contributed by atoms with Crippen LogP contribution in [0, 0.1) is 5.41 Å². The van der Waals surface area contributed by atoms with Crippen LogP contribution in [0.4, 0.5) is 0 Å². The Morgan fingerprint density at radius 2 is 2.00 bits per heavy atom. The molecular weight excluding hydrogens is 212 g/mol. The first kappa shape index (κ1) is 14.2. The van der Waals surface area contributed by atoms with E-state index in [-0.39, 0.29) is 11.3 Å². The third-order valence-corrected chi connectivity index (χ3v) is 3.57. The van der Waals surface area contributed by atoms with E-state index in [1.165, 1.54) is 12.8 Å². The largest absolute Gasteiger partial charge is 0.335 e. The molecule has 0 aromatic carbocycles. The van der Waals surface area contributed by atoms with Crippen molar-refractivity contribution in [1.82, 2.24) is 4.90 Å². The maximum absolute atomic E-state index is 12.4.